The first-order chi connectivity index (χ1) is 69.6. The van der Waals surface area contributed by atoms with Crippen LogP contribution in [0.3, 0.4) is 0 Å². The molecule has 11 aromatic rings. The second-order valence-electron chi connectivity index (χ2n) is 34.8. The van der Waals surface area contributed by atoms with E-state index >= 15 is 0 Å². The van der Waals surface area contributed by atoms with E-state index in [1.54, 1.807) is 60.7 Å². The predicted molar refractivity (Wildman–Crippen MR) is 549 cm³/mol. The number of aliphatic hydroxyl groups is 1. The SMILES string of the molecule is CC(NCCCc1ccccc1)C(=O)N[C@H](C(=O)N1CCC[C@H]1C(=O)Nc1snnc1-c1ccccc1)c1ccccc1.CN[C@@H](C)C(=O)N[C@H](C(=O)N1CCC[C@H]1C(=O)Nc1snnc1-c1ccccc1)[C@H](C)O.CN[C@@H](C)C(=O)N[C@H](C(=O)N1CCC[C@H]1C(=O)Nc1snnc1-c1ccccc1)[C@H](C)OC.CN[C@@H](C)C(=O)N[C@H](C(=O)N1CCC[C@H]1C(=O)Nc1snnc1-c1ccccc1)c1ccc(F)cc1. The molecule has 8 heterocycles. The third-order valence-corrected chi connectivity index (χ3v) is 27.7. The molecular formula is C101H121FN24O14S4. The highest BCUT2D eigenvalue weighted by Crippen LogP contribution is 2.37. The summed E-state index contributed by atoms with van der Waals surface area (Å²) < 4.78 is 34.8. The zero-order chi connectivity index (χ0) is 103. The molecule has 4 aliphatic rings. The van der Waals surface area contributed by atoms with Gasteiger partial charge in [0, 0.05) is 102 Å². The van der Waals surface area contributed by atoms with Crippen LogP contribution in [-0.2, 0) is 68.7 Å². The maximum Gasteiger partial charge on any atom is 0.250 e. The first-order valence-electron chi connectivity index (χ1n) is 47.6. The van der Waals surface area contributed by atoms with Gasteiger partial charge in [-0.2, -0.15) is 0 Å². The number of nitrogens with one attached hydrogen (secondary N) is 12. The van der Waals surface area contributed by atoms with Gasteiger partial charge >= 0.3 is 0 Å². The van der Waals surface area contributed by atoms with Gasteiger partial charge in [-0.1, -0.05) is 212 Å². The Morgan fingerprint density at radius 1 is 0.375 bits per heavy atom. The van der Waals surface area contributed by atoms with E-state index in [1.807, 2.05) is 170 Å². The van der Waals surface area contributed by atoms with Gasteiger partial charge in [0.2, 0.25) is 70.9 Å². The number of ether oxygens (including phenoxy) is 1. The molecule has 1 unspecified atom stereocenters. The second kappa shape index (κ2) is 54.0. The van der Waals surface area contributed by atoms with Crippen molar-refractivity contribution in [2.45, 2.75) is 190 Å². The molecule has 38 nitrogen and oxygen atoms in total. The number of likely N-dealkylation sites (tertiary alicyclic amines) is 4. The fourth-order valence-electron chi connectivity index (χ4n) is 16.5. The Labute approximate surface area is 850 Å². The van der Waals surface area contributed by atoms with Crippen LogP contribution in [0.5, 0.6) is 0 Å². The Kier molecular flexibility index (Phi) is 40.8. The monoisotopic (exact) mass is 2040 g/mol. The Morgan fingerprint density at radius 2 is 0.660 bits per heavy atom. The van der Waals surface area contributed by atoms with Crippen LogP contribution in [0.15, 0.2) is 206 Å². The van der Waals surface area contributed by atoms with Crippen molar-refractivity contribution in [2.75, 3.05) is 82.2 Å². The van der Waals surface area contributed by atoms with Crippen LogP contribution in [-0.4, -0.2) is 268 Å². The number of likely N-dealkylation sites (N-methyl/N-ethyl adjacent to an activating group) is 3. The lowest BCUT2D eigenvalue weighted by molar-refractivity contribution is -0.143. The van der Waals surface area contributed by atoms with Crippen LogP contribution in [0.1, 0.15) is 128 Å². The predicted octanol–water partition coefficient (Wildman–Crippen LogP) is 9.21. The average molecular weight is 2040 g/mol. The van der Waals surface area contributed by atoms with E-state index in [2.05, 4.69) is 114 Å². The number of aliphatic hydroxyl groups excluding tert-OH is 1. The van der Waals surface area contributed by atoms with Crippen molar-refractivity contribution in [1.82, 2.24) is 100 Å². The van der Waals surface area contributed by atoms with Crippen molar-refractivity contribution >= 4 is 137 Å². The van der Waals surface area contributed by atoms with Crippen LogP contribution >= 0.6 is 46.1 Å². The van der Waals surface area contributed by atoms with Gasteiger partial charge in [-0.3, -0.25) is 57.5 Å². The summed E-state index contributed by atoms with van der Waals surface area (Å²) in [5.41, 5.74) is 7.99. The van der Waals surface area contributed by atoms with Crippen molar-refractivity contribution in [3.05, 3.63) is 229 Å². The fraction of sp³-hybridized carbons (Fsp3) is 0.386. The molecule has 43 heteroatoms. The highest BCUT2D eigenvalue weighted by Gasteiger charge is 2.45. The van der Waals surface area contributed by atoms with E-state index in [0.29, 0.717) is 138 Å². The molecule has 14 atom stereocenters. The van der Waals surface area contributed by atoms with Crippen LogP contribution in [0, 0.1) is 5.82 Å². The van der Waals surface area contributed by atoms with Crippen LogP contribution in [0.2, 0.25) is 0 Å². The van der Waals surface area contributed by atoms with E-state index in [9.17, 15) is 67.0 Å². The van der Waals surface area contributed by atoms with Crippen LogP contribution in [0.4, 0.5) is 24.4 Å². The van der Waals surface area contributed by atoms with Crippen molar-refractivity contribution in [2.24, 2.45) is 0 Å². The normalized spacial score (nSPS) is 17.3. The summed E-state index contributed by atoms with van der Waals surface area (Å²) in [4.78, 5) is 164. The van der Waals surface area contributed by atoms with Crippen LogP contribution in [0.25, 0.3) is 45.0 Å². The Hall–Kier alpha value is -13.9. The Bertz CT molecular complexity index is 6090. The molecule has 12 amide bonds. The molecule has 0 aliphatic carbocycles. The van der Waals surface area contributed by atoms with Gasteiger partial charge in [0.05, 0.1) is 36.4 Å². The number of aryl methyl sites for hydroxylation is 1. The number of anilines is 4. The highest BCUT2D eigenvalue weighted by atomic mass is 32.1. The molecule has 0 radical (unpaired) electrons. The van der Waals surface area contributed by atoms with E-state index in [4.69, 9.17) is 4.74 Å². The molecule has 0 spiro atoms. The molecule has 7 aromatic carbocycles. The number of rotatable bonds is 37. The molecule has 4 saturated heterocycles. The number of hydrogen-bond acceptors (Lipinski definition) is 30. The third-order valence-electron chi connectivity index (χ3n) is 25.1. The lowest BCUT2D eigenvalue weighted by Crippen LogP contribution is -2.58. The molecule has 0 saturated carbocycles. The number of hydrogen-bond donors (Lipinski definition) is 13. The largest absolute Gasteiger partial charge is 0.391 e. The number of aromatic nitrogens is 8. The van der Waals surface area contributed by atoms with E-state index in [1.165, 1.54) is 58.6 Å². The van der Waals surface area contributed by atoms with E-state index in [-0.39, 0.29) is 53.2 Å². The molecule has 0 bridgehead atoms. The minimum absolute atomic E-state index is 0.273. The lowest BCUT2D eigenvalue weighted by Gasteiger charge is -2.31. The van der Waals surface area contributed by atoms with Gasteiger partial charge in [0.25, 0.3) is 0 Å². The Morgan fingerprint density at radius 3 is 0.979 bits per heavy atom. The second-order valence-corrected chi connectivity index (χ2v) is 37.8. The molecule has 4 fully saturated rings. The first-order valence-corrected chi connectivity index (χ1v) is 50.7. The van der Waals surface area contributed by atoms with Crippen LogP contribution < -0.4 is 63.8 Å². The van der Waals surface area contributed by atoms with Gasteiger partial charge in [-0.25, -0.2) is 4.39 Å². The standard InChI is InChI=1S/C33H36N6O3S.C25H27FN6O3S.C22H30N6O4S.C21H28N6O4S/c1-23(34-21-11-15-24-13-5-2-6-14-24)30(40)35-29(26-18-9-4-10-19-26)33(42)39-22-12-20-27(39)31(41)36-32-28(37-38-43-32)25-16-7-3-8-17-25;1-15(27-2)22(33)28-21(17-10-12-18(26)13-11-17)25(35)32-14-6-9-19(32)23(34)29-24-20(30-31-36-24)16-7-4-3-5-8-16;1-13(23-3)19(29)24-17(14(2)32-4)22(31)28-12-8-11-16(28)20(30)25-21-18(26-27-33-21)15-9-6-5-7-10-15;1-12(22-3)18(29)23-16(13(2)28)21(31)27-11-7-10-15(27)19(30)24-20-17(25-26-32-20)14-8-5-4-6-9-14/h2-10,13-14,16-19,23,27,29,34H,11-12,15,20-22H2,1H3,(H,35,40)(H,36,41);3-5,7-8,10-13,15,19,21,27H,6,9,14H2,1-2H3,(H,28,33)(H,29,34);5-7,9-10,13-14,16-17,23H,8,11-12H2,1-4H3,(H,24,29)(H,25,30);4-6,8-9,12-13,15-16,22,28H,7,10-11H2,1-3H3,(H,23,29)(H,24,30)/t23?,27-,29-;15-,19-,21-;13-,14-,16-,17-;12-,13-,15-,16-/m0000/s1. The first kappa shape index (κ1) is 109. The molecular weight excluding hydrogens is 1920 g/mol. The fourth-order valence-corrected chi connectivity index (χ4v) is 18.9. The molecule has 4 aliphatic heterocycles. The van der Waals surface area contributed by atoms with Crippen molar-refractivity contribution in [1.29, 1.82) is 0 Å². The number of carbonyl (C=O) groups excluding carboxylic acids is 12. The molecule has 4 aromatic heterocycles. The smallest absolute Gasteiger partial charge is 0.250 e. The van der Waals surface area contributed by atoms with Gasteiger partial charge in [-0.15, -0.1) is 20.4 Å². The minimum atomic E-state index is -1.14. The zero-order valence-corrected chi connectivity index (χ0v) is 84.7. The number of amides is 12. The molecule has 760 valence electrons. The molecule has 13 N–H and O–H groups in total. The highest BCUT2D eigenvalue weighted by molar-refractivity contribution is 7.11. The zero-order valence-electron chi connectivity index (χ0n) is 81.5. The summed E-state index contributed by atoms with van der Waals surface area (Å²) >= 11 is 4.32. The Balaban J connectivity index is 0.000000172. The average Bonchev–Trinajstić information content (AvgIpc) is 1.50. The van der Waals surface area contributed by atoms with Gasteiger partial charge in [0.1, 0.15) is 96.9 Å². The van der Waals surface area contributed by atoms with Gasteiger partial charge in [0.15, 0.2) is 0 Å². The van der Waals surface area contributed by atoms with E-state index < -0.39 is 108 Å². The summed E-state index contributed by atoms with van der Waals surface area (Å²) in [6, 6.07) is 53.7. The topological polar surface area (TPSA) is 495 Å². The quantitative estimate of drug-likeness (QED) is 0.0161. The van der Waals surface area contributed by atoms with Crippen molar-refractivity contribution < 1.29 is 71.8 Å². The summed E-state index contributed by atoms with van der Waals surface area (Å²) in [6.45, 7) is 12.2. The van der Waals surface area contributed by atoms with Crippen molar-refractivity contribution in [3.8, 4) is 45.0 Å². The maximum atomic E-state index is 14.0. The number of benzene rings is 7. The summed E-state index contributed by atoms with van der Waals surface area (Å²) in [7, 11) is 6.41. The summed E-state index contributed by atoms with van der Waals surface area (Å²) in [5, 5.41) is 63.2. The number of methoxy groups -OCH3 is 1. The summed E-state index contributed by atoms with van der Waals surface area (Å²) in [5.74, 6) is -4.69. The third kappa shape index (κ3) is 29.0. The van der Waals surface area contributed by atoms with Crippen molar-refractivity contribution in [3.63, 3.8) is 0 Å². The number of nitrogens with zero attached hydrogens (tertiary/aromatic N) is 12. The molecule has 144 heavy (non-hydrogen) atoms. The van der Waals surface area contributed by atoms with E-state index in [0.717, 1.165) is 81.2 Å². The lowest BCUT2D eigenvalue weighted by atomic mass is 10.0. The minimum Gasteiger partial charge on any atom is -0.391 e. The summed E-state index contributed by atoms with van der Waals surface area (Å²) in [6.07, 6.45) is 4.77. The maximum absolute atomic E-state index is 14.0. The molecule has 15 rings (SSSR count). The number of halogens is 1. The van der Waals surface area contributed by atoms with Gasteiger partial charge < -0.3 is 93.2 Å². The van der Waals surface area contributed by atoms with Gasteiger partial charge in [-0.05, 0) is 162 Å². The number of carbonyl (C=O) groups is 12.